The molecule has 6 heteroatoms. The summed E-state index contributed by atoms with van der Waals surface area (Å²) in [6.45, 7) is 10.4. The van der Waals surface area contributed by atoms with Crippen molar-refractivity contribution in [1.82, 2.24) is 5.32 Å². The van der Waals surface area contributed by atoms with E-state index >= 15 is 0 Å². The van der Waals surface area contributed by atoms with Crippen LogP contribution in [-0.2, 0) is 4.84 Å². The number of aliphatic hydroxyl groups is 3. The van der Waals surface area contributed by atoms with E-state index in [9.17, 15) is 15.3 Å². The van der Waals surface area contributed by atoms with Crippen LogP contribution in [0.2, 0.25) is 0 Å². The lowest BCUT2D eigenvalue weighted by Gasteiger charge is -2.68. The molecule has 0 bridgehead atoms. The van der Waals surface area contributed by atoms with Crippen molar-refractivity contribution in [3.63, 3.8) is 0 Å². The molecular weight excluding hydrogens is 392 g/mol. The van der Waals surface area contributed by atoms with Gasteiger partial charge in [0.05, 0.1) is 17.9 Å². The molecule has 4 aliphatic carbocycles. The molecule has 1 saturated heterocycles. The van der Waals surface area contributed by atoms with Crippen LogP contribution < -0.4 is 5.32 Å². The van der Waals surface area contributed by atoms with Gasteiger partial charge in [0.25, 0.3) is 0 Å². The van der Waals surface area contributed by atoms with Gasteiger partial charge >= 0.3 is 0 Å². The lowest BCUT2D eigenvalue weighted by Crippen LogP contribution is -2.74. The Morgan fingerprint density at radius 3 is 2.45 bits per heavy atom. The highest BCUT2D eigenvalue weighted by atomic mass is 16.6. The van der Waals surface area contributed by atoms with E-state index in [0.29, 0.717) is 24.2 Å². The van der Waals surface area contributed by atoms with Gasteiger partial charge in [-0.05, 0) is 74.7 Å². The number of fused-ring (bicyclic) bond motifs is 5. The van der Waals surface area contributed by atoms with Crippen LogP contribution in [0, 0.1) is 34.0 Å². The van der Waals surface area contributed by atoms with Gasteiger partial charge in [0.15, 0.2) is 0 Å². The summed E-state index contributed by atoms with van der Waals surface area (Å²) in [5, 5.41) is 42.5. The van der Waals surface area contributed by atoms with Crippen LogP contribution in [0.1, 0.15) is 79.1 Å². The highest BCUT2D eigenvalue weighted by molar-refractivity contribution is 5.91. The Bertz CT molecular complexity index is 750. The van der Waals surface area contributed by atoms with Crippen molar-refractivity contribution in [3.05, 3.63) is 0 Å². The third-order valence-corrected chi connectivity index (χ3v) is 10.9. The lowest BCUT2D eigenvalue weighted by atomic mass is 9.38. The van der Waals surface area contributed by atoms with Gasteiger partial charge in [-0.3, -0.25) is 0 Å². The molecule has 0 aromatic heterocycles. The number of nitrogens with one attached hydrogen (secondary N) is 1. The van der Waals surface area contributed by atoms with E-state index in [1.165, 1.54) is 0 Å². The lowest BCUT2D eigenvalue weighted by molar-refractivity contribution is -0.276. The van der Waals surface area contributed by atoms with Crippen LogP contribution in [-0.4, -0.2) is 58.0 Å². The minimum atomic E-state index is -1.24. The normalized spacial score (nSPS) is 54.9. The van der Waals surface area contributed by atoms with Crippen LogP contribution in [0.15, 0.2) is 5.16 Å². The van der Waals surface area contributed by atoms with E-state index in [1.807, 2.05) is 0 Å². The topological polar surface area (TPSA) is 94.3 Å². The molecule has 1 heterocycles. The number of hydrogen-bond donors (Lipinski definition) is 4. The first-order chi connectivity index (χ1) is 14.6. The van der Waals surface area contributed by atoms with Crippen molar-refractivity contribution in [2.75, 3.05) is 13.1 Å². The second-order valence-corrected chi connectivity index (χ2v) is 12.3. The van der Waals surface area contributed by atoms with Crippen molar-refractivity contribution in [2.24, 2.45) is 39.2 Å². The second-order valence-electron chi connectivity index (χ2n) is 12.3. The number of oxime groups is 1. The molecule has 0 radical (unpaired) electrons. The van der Waals surface area contributed by atoms with E-state index in [1.54, 1.807) is 0 Å². The summed E-state index contributed by atoms with van der Waals surface area (Å²) in [6, 6.07) is 0. The first-order valence-corrected chi connectivity index (χ1v) is 12.6. The van der Waals surface area contributed by atoms with Gasteiger partial charge in [-0.15, -0.1) is 0 Å². The fourth-order valence-electron chi connectivity index (χ4n) is 8.90. The summed E-state index contributed by atoms with van der Waals surface area (Å²) in [5.41, 5.74) is -1.42. The first kappa shape index (κ1) is 22.1. The monoisotopic (exact) mass is 434 g/mol. The average molecular weight is 435 g/mol. The van der Waals surface area contributed by atoms with Gasteiger partial charge in [-0.2, -0.15) is 0 Å². The standard InChI is InChI=1S/C25H42N2O4/c1-22(2)19(27-31-15-9-12-26-14-15)8-11-24(4)18-7-10-23(3)17(5-6-20(23)28)16(18)13-21(29)25(22,24)30/h15-18,20-21,26,28-30H,5-14H2,1-4H3/b27-19-/t15-,16+,17+,18+,20+,21+,23+,24-,25-/m1/s1. The highest BCUT2D eigenvalue weighted by Crippen LogP contribution is 2.69. The van der Waals surface area contributed by atoms with E-state index in [-0.39, 0.29) is 23.0 Å². The third-order valence-electron chi connectivity index (χ3n) is 10.9. The molecule has 4 saturated carbocycles. The number of rotatable bonds is 2. The maximum Gasteiger partial charge on any atom is 0.141 e. The zero-order valence-electron chi connectivity index (χ0n) is 19.7. The highest BCUT2D eigenvalue weighted by Gasteiger charge is 2.72. The van der Waals surface area contributed by atoms with Gasteiger partial charge in [0.1, 0.15) is 11.7 Å². The first-order valence-electron chi connectivity index (χ1n) is 12.6. The molecule has 5 rings (SSSR count). The molecule has 0 unspecified atom stereocenters. The van der Waals surface area contributed by atoms with Crippen LogP contribution in [0.5, 0.6) is 0 Å². The van der Waals surface area contributed by atoms with E-state index < -0.39 is 17.1 Å². The summed E-state index contributed by atoms with van der Waals surface area (Å²) in [4.78, 5) is 5.86. The smallest absolute Gasteiger partial charge is 0.141 e. The van der Waals surface area contributed by atoms with Crippen LogP contribution in [0.4, 0.5) is 0 Å². The van der Waals surface area contributed by atoms with Crippen LogP contribution in [0.25, 0.3) is 0 Å². The van der Waals surface area contributed by atoms with Gasteiger partial charge < -0.3 is 25.5 Å². The molecule has 0 aromatic carbocycles. The summed E-state index contributed by atoms with van der Waals surface area (Å²) >= 11 is 0. The predicted molar refractivity (Wildman–Crippen MR) is 120 cm³/mol. The molecular formula is C25H42N2O4. The zero-order valence-corrected chi connectivity index (χ0v) is 19.7. The van der Waals surface area contributed by atoms with Gasteiger partial charge in [-0.25, -0.2) is 0 Å². The zero-order chi connectivity index (χ0) is 22.2. The maximum atomic E-state index is 12.4. The number of hydrogen-bond acceptors (Lipinski definition) is 6. The molecule has 1 aliphatic heterocycles. The number of nitrogens with zero attached hydrogens (tertiary/aromatic N) is 1. The van der Waals surface area contributed by atoms with E-state index in [2.05, 4.69) is 38.2 Å². The molecule has 5 aliphatic rings. The minimum absolute atomic E-state index is 0.0351. The minimum Gasteiger partial charge on any atom is -0.393 e. The third kappa shape index (κ3) is 2.80. The maximum absolute atomic E-state index is 12.4. The Labute approximate surface area is 186 Å². The fraction of sp³-hybridized carbons (Fsp3) is 0.960. The van der Waals surface area contributed by atoms with Gasteiger partial charge in [0, 0.05) is 23.8 Å². The quantitative estimate of drug-likeness (QED) is 0.502. The average Bonchev–Trinajstić information content (AvgIpc) is 3.33. The largest absolute Gasteiger partial charge is 0.393 e. The summed E-state index contributed by atoms with van der Waals surface area (Å²) in [6.07, 6.45) is 6.21. The fourth-order valence-corrected chi connectivity index (χ4v) is 8.90. The van der Waals surface area contributed by atoms with Crippen molar-refractivity contribution in [1.29, 1.82) is 0 Å². The Balaban J connectivity index is 1.47. The Morgan fingerprint density at radius 1 is 0.968 bits per heavy atom. The van der Waals surface area contributed by atoms with Gasteiger partial charge in [-0.1, -0.05) is 32.9 Å². The van der Waals surface area contributed by atoms with E-state index in [4.69, 9.17) is 4.84 Å². The van der Waals surface area contributed by atoms with Crippen molar-refractivity contribution < 1.29 is 20.2 Å². The molecule has 0 spiro atoms. The molecule has 0 amide bonds. The molecule has 5 fully saturated rings. The molecule has 9 atom stereocenters. The Hall–Kier alpha value is -0.690. The summed E-state index contributed by atoms with van der Waals surface area (Å²) in [7, 11) is 0. The number of aliphatic hydroxyl groups excluding tert-OH is 2. The molecule has 31 heavy (non-hydrogen) atoms. The molecule has 0 aromatic rings. The Morgan fingerprint density at radius 2 is 1.74 bits per heavy atom. The van der Waals surface area contributed by atoms with E-state index in [0.717, 1.165) is 63.7 Å². The molecule has 4 N–H and O–H groups in total. The Kier molecular flexibility index (Phi) is 5.10. The molecule has 176 valence electrons. The predicted octanol–water partition coefficient (Wildman–Crippen LogP) is 2.85. The summed E-state index contributed by atoms with van der Waals surface area (Å²) < 4.78 is 0. The molecule has 6 nitrogen and oxygen atoms in total. The summed E-state index contributed by atoms with van der Waals surface area (Å²) in [5.74, 6) is 1.17. The van der Waals surface area contributed by atoms with Crippen molar-refractivity contribution >= 4 is 5.71 Å². The van der Waals surface area contributed by atoms with Crippen molar-refractivity contribution in [3.8, 4) is 0 Å². The van der Waals surface area contributed by atoms with Crippen LogP contribution in [0.3, 0.4) is 0 Å². The van der Waals surface area contributed by atoms with Gasteiger partial charge in [0.2, 0.25) is 0 Å². The van der Waals surface area contributed by atoms with Crippen LogP contribution >= 0.6 is 0 Å². The van der Waals surface area contributed by atoms with Crippen molar-refractivity contribution in [2.45, 2.75) is 103 Å². The second kappa shape index (κ2) is 7.15. The SMILES string of the molecule is CC1(C)/C(=N\O[C@@H]2CCNC2)CC[C@]2(C)[C@H]3CC[C@]4(C)[C@@H](O)CC[C@H]4[C@@H]3C[C@H](O)[C@@]12O.